The number of rotatable bonds is 3. The van der Waals surface area contributed by atoms with Gasteiger partial charge in [0.15, 0.2) is 0 Å². The molecule has 0 rings (SSSR count). The summed E-state index contributed by atoms with van der Waals surface area (Å²) >= 11 is 0. The van der Waals surface area contributed by atoms with Gasteiger partial charge in [-0.15, -0.1) is 0 Å². The number of carboxylic acid groups (broad SMARTS) is 1. The molecule has 0 atom stereocenters. The minimum Gasteiger partial charge on any atom is -0.480 e. The number of aliphatic hydroxyl groups excluding tert-OH is 1. The van der Waals surface area contributed by atoms with E-state index < -0.39 is 5.97 Å². The molecule has 0 aromatic rings. The van der Waals surface area contributed by atoms with Crippen LogP contribution in [0.25, 0.3) is 0 Å². The van der Waals surface area contributed by atoms with Gasteiger partial charge in [-0.05, 0) is 13.8 Å². The summed E-state index contributed by atoms with van der Waals surface area (Å²) in [6.45, 7) is 3.96. The molecule has 0 aromatic carbocycles. The first-order chi connectivity index (χ1) is 4.68. The van der Waals surface area contributed by atoms with E-state index in [9.17, 15) is 4.79 Å². The van der Waals surface area contributed by atoms with Crippen molar-refractivity contribution in [3.05, 3.63) is 0 Å². The lowest BCUT2D eigenvalue weighted by Crippen LogP contribution is -2.05. The summed E-state index contributed by atoms with van der Waals surface area (Å²) in [5.41, 5.74) is 0. The Morgan fingerprint density at radius 1 is 1.50 bits per heavy atom. The number of aliphatic hydroxyl groups is 1. The quantitative estimate of drug-likeness (QED) is 0.599. The fourth-order valence-corrected chi connectivity index (χ4v) is 0.189. The van der Waals surface area contributed by atoms with Crippen LogP contribution >= 0.6 is 0 Å². The van der Waals surface area contributed by atoms with Crippen molar-refractivity contribution in [2.24, 2.45) is 0 Å². The van der Waals surface area contributed by atoms with E-state index in [1.807, 2.05) is 0 Å². The van der Waals surface area contributed by atoms with Crippen LogP contribution in [-0.2, 0) is 9.53 Å². The summed E-state index contributed by atoms with van der Waals surface area (Å²) in [5.74, 6) is -0.915. The standard InChI is InChI=1S/C4H8O3.C2H6O/c1-2-7-3-4(5)6;1-2-3/h2-3H2,1H3,(H,5,6);3H,2H2,1H3. The van der Waals surface area contributed by atoms with Gasteiger partial charge in [0.2, 0.25) is 0 Å². The third-order valence-electron chi connectivity index (χ3n) is 0.430. The Kier molecular flexibility index (Phi) is 13.6. The molecule has 62 valence electrons. The second-order valence-corrected chi connectivity index (χ2v) is 1.35. The summed E-state index contributed by atoms with van der Waals surface area (Å²) in [7, 11) is 0. The van der Waals surface area contributed by atoms with E-state index in [0.29, 0.717) is 6.61 Å². The van der Waals surface area contributed by atoms with Crippen molar-refractivity contribution in [3.8, 4) is 0 Å². The monoisotopic (exact) mass is 150 g/mol. The van der Waals surface area contributed by atoms with Crippen molar-refractivity contribution in [2.75, 3.05) is 19.8 Å². The van der Waals surface area contributed by atoms with E-state index in [1.54, 1.807) is 13.8 Å². The van der Waals surface area contributed by atoms with E-state index >= 15 is 0 Å². The second-order valence-electron chi connectivity index (χ2n) is 1.35. The van der Waals surface area contributed by atoms with Crippen LogP contribution in [0.3, 0.4) is 0 Å². The van der Waals surface area contributed by atoms with Gasteiger partial charge in [-0.25, -0.2) is 4.79 Å². The van der Waals surface area contributed by atoms with Crippen molar-refractivity contribution < 1.29 is 19.7 Å². The van der Waals surface area contributed by atoms with Gasteiger partial charge in [-0.1, -0.05) is 0 Å². The summed E-state index contributed by atoms with van der Waals surface area (Å²) in [5, 5.41) is 15.5. The highest BCUT2D eigenvalue weighted by atomic mass is 16.5. The number of ether oxygens (including phenoxy) is 1. The van der Waals surface area contributed by atoms with Crippen LogP contribution in [0.2, 0.25) is 0 Å². The van der Waals surface area contributed by atoms with E-state index in [1.165, 1.54) is 0 Å². The molecule has 0 aliphatic rings. The zero-order chi connectivity index (χ0) is 8.41. The molecule has 0 saturated carbocycles. The number of carboxylic acids is 1. The first-order valence-corrected chi connectivity index (χ1v) is 3.09. The summed E-state index contributed by atoms with van der Waals surface area (Å²) < 4.78 is 4.50. The van der Waals surface area contributed by atoms with Gasteiger partial charge in [0.05, 0.1) is 0 Å². The largest absolute Gasteiger partial charge is 0.480 e. The van der Waals surface area contributed by atoms with Crippen molar-refractivity contribution in [1.82, 2.24) is 0 Å². The lowest BCUT2D eigenvalue weighted by atomic mass is 10.7. The van der Waals surface area contributed by atoms with Gasteiger partial charge in [0.25, 0.3) is 0 Å². The van der Waals surface area contributed by atoms with Gasteiger partial charge in [0, 0.05) is 13.2 Å². The van der Waals surface area contributed by atoms with Gasteiger partial charge in [-0.2, -0.15) is 0 Å². The predicted octanol–water partition coefficient (Wildman–Crippen LogP) is 0.106. The maximum Gasteiger partial charge on any atom is 0.329 e. The van der Waals surface area contributed by atoms with Crippen LogP contribution in [0.5, 0.6) is 0 Å². The topological polar surface area (TPSA) is 66.8 Å². The van der Waals surface area contributed by atoms with Crippen LogP contribution < -0.4 is 0 Å². The zero-order valence-electron chi connectivity index (χ0n) is 6.33. The molecule has 0 bridgehead atoms. The highest BCUT2D eigenvalue weighted by molar-refractivity contribution is 5.67. The Bertz CT molecular complexity index is 72.1. The minimum absolute atomic E-state index is 0.184. The Morgan fingerprint density at radius 2 is 1.90 bits per heavy atom. The fourth-order valence-electron chi connectivity index (χ4n) is 0.189. The Morgan fingerprint density at radius 3 is 2.00 bits per heavy atom. The molecule has 0 amide bonds. The van der Waals surface area contributed by atoms with E-state index in [0.717, 1.165) is 0 Å². The third kappa shape index (κ3) is 26.3. The van der Waals surface area contributed by atoms with E-state index in [2.05, 4.69) is 4.74 Å². The molecule has 0 fully saturated rings. The maximum atomic E-state index is 9.63. The molecular formula is C6H14O4. The van der Waals surface area contributed by atoms with Crippen molar-refractivity contribution >= 4 is 5.97 Å². The molecule has 0 aliphatic heterocycles. The molecule has 0 aliphatic carbocycles. The molecule has 0 saturated heterocycles. The zero-order valence-corrected chi connectivity index (χ0v) is 6.33. The second kappa shape index (κ2) is 11.2. The average Bonchev–Trinajstić information content (AvgIpc) is 1.85. The fraction of sp³-hybridized carbons (Fsp3) is 0.833. The van der Waals surface area contributed by atoms with Gasteiger partial charge >= 0.3 is 5.97 Å². The molecule has 2 N–H and O–H groups in total. The molecular weight excluding hydrogens is 136 g/mol. The molecule has 0 spiro atoms. The number of carbonyl (C=O) groups is 1. The third-order valence-corrected chi connectivity index (χ3v) is 0.430. The maximum absolute atomic E-state index is 9.63. The summed E-state index contributed by atoms with van der Waals surface area (Å²) in [4.78, 5) is 9.63. The Hall–Kier alpha value is -0.610. The van der Waals surface area contributed by atoms with Crippen LogP contribution in [0.15, 0.2) is 0 Å². The molecule has 4 nitrogen and oxygen atoms in total. The summed E-state index contributed by atoms with van der Waals surface area (Å²) in [6.07, 6.45) is 0. The number of hydrogen-bond donors (Lipinski definition) is 2. The lowest BCUT2D eigenvalue weighted by Gasteiger charge is -1.90. The van der Waals surface area contributed by atoms with Crippen molar-refractivity contribution in [3.63, 3.8) is 0 Å². The molecule has 4 heteroatoms. The van der Waals surface area contributed by atoms with Gasteiger partial charge < -0.3 is 14.9 Å². The smallest absolute Gasteiger partial charge is 0.329 e. The highest BCUT2D eigenvalue weighted by Crippen LogP contribution is 1.69. The first-order valence-electron chi connectivity index (χ1n) is 3.09. The minimum atomic E-state index is -0.915. The van der Waals surface area contributed by atoms with Crippen LogP contribution in [0, 0.1) is 0 Å². The molecule has 0 heterocycles. The molecule has 0 aromatic heterocycles. The van der Waals surface area contributed by atoms with Crippen molar-refractivity contribution in [2.45, 2.75) is 13.8 Å². The number of hydrogen-bond acceptors (Lipinski definition) is 3. The highest BCUT2D eigenvalue weighted by Gasteiger charge is 1.90. The van der Waals surface area contributed by atoms with Crippen molar-refractivity contribution in [1.29, 1.82) is 0 Å². The van der Waals surface area contributed by atoms with E-state index in [4.69, 9.17) is 10.2 Å². The Balaban J connectivity index is 0. The van der Waals surface area contributed by atoms with Crippen LogP contribution in [-0.4, -0.2) is 36.0 Å². The first kappa shape index (κ1) is 12.1. The average molecular weight is 150 g/mol. The van der Waals surface area contributed by atoms with E-state index in [-0.39, 0.29) is 13.2 Å². The molecule has 10 heavy (non-hydrogen) atoms. The normalized spacial score (nSPS) is 7.90. The molecule has 0 radical (unpaired) electrons. The SMILES string of the molecule is CCO.CCOCC(=O)O. The van der Waals surface area contributed by atoms with Crippen LogP contribution in [0.4, 0.5) is 0 Å². The predicted molar refractivity (Wildman–Crippen MR) is 36.9 cm³/mol. The molecule has 0 unspecified atom stereocenters. The number of aliphatic carboxylic acids is 1. The van der Waals surface area contributed by atoms with Gasteiger partial charge in [-0.3, -0.25) is 0 Å². The lowest BCUT2D eigenvalue weighted by molar-refractivity contribution is -0.142. The van der Waals surface area contributed by atoms with Gasteiger partial charge in [0.1, 0.15) is 6.61 Å². The van der Waals surface area contributed by atoms with Crippen LogP contribution in [0.1, 0.15) is 13.8 Å². The Labute approximate surface area is 60.4 Å². The summed E-state index contributed by atoms with van der Waals surface area (Å²) in [6, 6.07) is 0.